The average Bonchev–Trinajstić information content (AvgIpc) is 2.48. The second-order valence-corrected chi connectivity index (χ2v) is 7.58. The first kappa shape index (κ1) is 16.3. The lowest BCUT2D eigenvalue weighted by atomic mass is 10.0. The number of benzene rings is 1. The fourth-order valence-electron chi connectivity index (χ4n) is 2.66. The molecule has 2 rings (SSSR count). The molecule has 1 heterocycles. The number of sulfonamides is 1. The first-order chi connectivity index (χ1) is 9.95. The van der Waals surface area contributed by atoms with E-state index in [9.17, 15) is 8.42 Å². The van der Waals surface area contributed by atoms with E-state index in [1.165, 1.54) is 4.31 Å². The lowest BCUT2D eigenvalue weighted by Gasteiger charge is -2.27. The summed E-state index contributed by atoms with van der Waals surface area (Å²) in [6, 6.07) is 5.11. The van der Waals surface area contributed by atoms with Crippen LogP contribution in [-0.2, 0) is 21.2 Å². The highest BCUT2D eigenvalue weighted by Crippen LogP contribution is 2.25. The fourth-order valence-corrected chi connectivity index (χ4v) is 4.23. The number of nitrogens with zero attached hydrogens (tertiary/aromatic N) is 1. The summed E-state index contributed by atoms with van der Waals surface area (Å²) in [6.07, 6.45) is 2.49. The maximum atomic E-state index is 12.8. The lowest BCUT2D eigenvalue weighted by Crippen LogP contribution is -2.34. The molecule has 0 unspecified atom stereocenters. The minimum atomic E-state index is -3.49. The standard InChI is InChI=1S/C15H24N2O3S/c1-3-13-4-5-14(16)10-15(13)21(18,19)17(2)11-12-6-8-20-9-7-12/h4-5,10,12H,3,6-9,11,16H2,1-2H3. The molecular formula is C15H24N2O3S. The minimum absolute atomic E-state index is 0.333. The molecule has 0 bridgehead atoms. The van der Waals surface area contributed by atoms with Crippen LogP contribution in [-0.4, -0.2) is 39.5 Å². The number of aryl methyl sites for hydroxylation is 1. The highest BCUT2D eigenvalue weighted by Gasteiger charge is 2.26. The zero-order chi connectivity index (χ0) is 15.5. The summed E-state index contributed by atoms with van der Waals surface area (Å²) in [6.45, 7) is 3.92. The van der Waals surface area contributed by atoms with Crippen molar-refractivity contribution in [2.24, 2.45) is 5.92 Å². The van der Waals surface area contributed by atoms with Crippen molar-refractivity contribution in [2.75, 3.05) is 32.5 Å². The molecule has 0 amide bonds. The molecular weight excluding hydrogens is 288 g/mol. The highest BCUT2D eigenvalue weighted by atomic mass is 32.2. The van der Waals surface area contributed by atoms with E-state index in [1.54, 1.807) is 25.2 Å². The summed E-state index contributed by atoms with van der Waals surface area (Å²) >= 11 is 0. The minimum Gasteiger partial charge on any atom is -0.399 e. The Morgan fingerprint density at radius 2 is 2.00 bits per heavy atom. The van der Waals surface area contributed by atoms with E-state index in [1.807, 2.05) is 6.92 Å². The highest BCUT2D eigenvalue weighted by molar-refractivity contribution is 7.89. The van der Waals surface area contributed by atoms with Gasteiger partial charge in [0.2, 0.25) is 10.0 Å². The summed E-state index contributed by atoms with van der Waals surface area (Å²) in [4.78, 5) is 0.333. The van der Waals surface area contributed by atoms with E-state index in [2.05, 4.69) is 0 Å². The number of hydrogen-bond acceptors (Lipinski definition) is 4. The van der Waals surface area contributed by atoms with Gasteiger partial charge < -0.3 is 10.5 Å². The van der Waals surface area contributed by atoms with E-state index in [-0.39, 0.29) is 0 Å². The van der Waals surface area contributed by atoms with Gasteiger partial charge in [-0.05, 0) is 42.9 Å². The van der Waals surface area contributed by atoms with E-state index >= 15 is 0 Å². The van der Waals surface area contributed by atoms with Gasteiger partial charge in [-0.25, -0.2) is 12.7 Å². The molecule has 2 N–H and O–H groups in total. The Balaban J connectivity index is 2.22. The van der Waals surface area contributed by atoms with E-state index in [0.29, 0.717) is 29.5 Å². The second kappa shape index (κ2) is 6.77. The van der Waals surface area contributed by atoms with Gasteiger partial charge >= 0.3 is 0 Å². The van der Waals surface area contributed by atoms with Gasteiger partial charge in [-0.1, -0.05) is 13.0 Å². The molecule has 5 nitrogen and oxygen atoms in total. The molecule has 0 aliphatic carbocycles. The molecule has 1 aromatic rings. The van der Waals surface area contributed by atoms with Crippen LogP contribution in [0, 0.1) is 5.92 Å². The monoisotopic (exact) mass is 312 g/mol. The van der Waals surface area contributed by atoms with Crippen molar-refractivity contribution in [3.8, 4) is 0 Å². The molecule has 1 fully saturated rings. The number of ether oxygens (including phenoxy) is 1. The number of hydrogen-bond donors (Lipinski definition) is 1. The third-order valence-corrected chi connectivity index (χ3v) is 5.92. The third-order valence-electron chi connectivity index (χ3n) is 4.02. The SMILES string of the molecule is CCc1ccc(N)cc1S(=O)(=O)N(C)CC1CCOCC1. The number of nitrogen functional groups attached to an aromatic ring is 1. The Morgan fingerprint density at radius 1 is 1.33 bits per heavy atom. The van der Waals surface area contributed by atoms with Crippen molar-refractivity contribution >= 4 is 15.7 Å². The molecule has 21 heavy (non-hydrogen) atoms. The van der Waals surface area contributed by atoms with Crippen molar-refractivity contribution in [1.29, 1.82) is 0 Å². The zero-order valence-electron chi connectivity index (χ0n) is 12.7. The van der Waals surface area contributed by atoms with E-state index in [4.69, 9.17) is 10.5 Å². The molecule has 0 saturated carbocycles. The van der Waals surface area contributed by atoms with Crippen LogP contribution in [0.4, 0.5) is 5.69 Å². The Labute approximate surface area is 127 Å². The summed E-state index contributed by atoms with van der Waals surface area (Å²) in [5.41, 5.74) is 7.05. The van der Waals surface area contributed by atoms with Crippen molar-refractivity contribution < 1.29 is 13.2 Å². The predicted molar refractivity (Wildman–Crippen MR) is 83.6 cm³/mol. The van der Waals surface area contributed by atoms with Crippen LogP contribution in [0.2, 0.25) is 0 Å². The normalized spacial score (nSPS) is 17.3. The van der Waals surface area contributed by atoms with Gasteiger partial charge in [0.05, 0.1) is 4.90 Å². The Bertz CT molecular complexity index is 581. The van der Waals surface area contributed by atoms with E-state index in [0.717, 1.165) is 31.6 Å². The van der Waals surface area contributed by atoms with Crippen LogP contribution in [0.15, 0.2) is 23.1 Å². The lowest BCUT2D eigenvalue weighted by molar-refractivity contribution is 0.0620. The predicted octanol–water partition coefficient (Wildman–Crippen LogP) is 1.88. The molecule has 118 valence electrons. The van der Waals surface area contributed by atoms with Gasteiger partial charge in [0.25, 0.3) is 0 Å². The molecule has 0 aromatic heterocycles. The van der Waals surface area contributed by atoms with Crippen LogP contribution in [0.25, 0.3) is 0 Å². The van der Waals surface area contributed by atoms with Crippen LogP contribution >= 0.6 is 0 Å². The summed E-state index contributed by atoms with van der Waals surface area (Å²) < 4.78 is 32.3. The Kier molecular flexibility index (Phi) is 5.24. The second-order valence-electron chi connectivity index (χ2n) is 5.56. The van der Waals surface area contributed by atoms with Gasteiger partial charge in [-0.3, -0.25) is 0 Å². The maximum Gasteiger partial charge on any atom is 0.243 e. The Morgan fingerprint density at radius 3 is 2.62 bits per heavy atom. The molecule has 1 saturated heterocycles. The number of rotatable bonds is 5. The van der Waals surface area contributed by atoms with Gasteiger partial charge in [-0.2, -0.15) is 0 Å². The smallest absolute Gasteiger partial charge is 0.243 e. The number of nitrogens with two attached hydrogens (primary N) is 1. The summed E-state index contributed by atoms with van der Waals surface area (Å²) in [7, 11) is -1.84. The molecule has 0 atom stereocenters. The summed E-state index contributed by atoms with van der Waals surface area (Å²) in [5.74, 6) is 0.365. The molecule has 1 aliphatic heterocycles. The molecule has 0 spiro atoms. The van der Waals surface area contributed by atoms with Crippen molar-refractivity contribution in [3.63, 3.8) is 0 Å². The van der Waals surface area contributed by atoms with Crippen molar-refractivity contribution in [2.45, 2.75) is 31.1 Å². The first-order valence-corrected chi connectivity index (χ1v) is 8.81. The zero-order valence-corrected chi connectivity index (χ0v) is 13.5. The largest absolute Gasteiger partial charge is 0.399 e. The molecule has 1 aliphatic rings. The Hall–Kier alpha value is -1.11. The topological polar surface area (TPSA) is 72.6 Å². The summed E-state index contributed by atoms with van der Waals surface area (Å²) in [5, 5.41) is 0. The van der Waals surface area contributed by atoms with Crippen LogP contribution in [0.5, 0.6) is 0 Å². The molecule has 6 heteroatoms. The third kappa shape index (κ3) is 3.75. The molecule has 0 radical (unpaired) electrons. The van der Waals surface area contributed by atoms with Crippen LogP contribution in [0.1, 0.15) is 25.3 Å². The van der Waals surface area contributed by atoms with Gasteiger partial charge in [0, 0.05) is 32.5 Å². The van der Waals surface area contributed by atoms with Gasteiger partial charge in [0.15, 0.2) is 0 Å². The molecule has 1 aromatic carbocycles. The van der Waals surface area contributed by atoms with Crippen molar-refractivity contribution in [1.82, 2.24) is 4.31 Å². The first-order valence-electron chi connectivity index (χ1n) is 7.37. The maximum absolute atomic E-state index is 12.8. The van der Waals surface area contributed by atoms with E-state index < -0.39 is 10.0 Å². The van der Waals surface area contributed by atoms with Gasteiger partial charge in [0.1, 0.15) is 0 Å². The van der Waals surface area contributed by atoms with Crippen molar-refractivity contribution in [3.05, 3.63) is 23.8 Å². The van der Waals surface area contributed by atoms with Gasteiger partial charge in [-0.15, -0.1) is 0 Å². The average molecular weight is 312 g/mol. The fraction of sp³-hybridized carbons (Fsp3) is 0.600. The van der Waals surface area contributed by atoms with Crippen LogP contribution in [0.3, 0.4) is 0 Å². The van der Waals surface area contributed by atoms with Crippen LogP contribution < -0.4 is 5.73 Å². The quantitative estimate of drug-likeness (QED) is 0.843. The number of anilines is 1.